The minimum absolute atomic E-state index is 0.0967. The molecule has 0 aliphatic carbocycles. The number of aryl methyl sites for hydroxylation is 2. The molecule has 0 saturated carbocycles. The van der Waals surface area contributed by atoms with Crippen LogP contribution in [-0.2, 0) is 6.42 Å². The molecule has 0 spiro atoms. The first-order valence-electron chi connectivity index (χ1n) is 4.94. The molecule has 0 radical (unpaired) electrons. The lowest BCUT2D eigenvalue weighted by molar-refractivity contribution is 1.05. The van der Waals surface area contributed by atoms with E-state index in [9.17, 15) is 4.79 Å². The predicted octanol–water partition coefficient (Wildman–Crippen LogP) is 3.16. The van der Waals surface area contributed by atoms with Crippen LogP contribution in [0, 0.1) is 6.92 Å². The van der Waals surface area contributed by atoms with Crippen molar-refractivity contribution in [3.63, 3.8) is 0 Å². The van der Waals surface area contributed by atoms with Gasteiger partial charge in [-0.2, -0.15) is 0 Å². The molecular formula is C12H12BrNO. The molecule has 1 aromatic carbocycles. The molecule has 0 aliphatic rings. The van der Waals surface area contributed by atoms with Crippen LogP contribution in [0.15, 0.2) is 27.5 Å². The van der Waals surface area contributed by atoms with Crippen LogP contribution in [0.4, 0.5) is 0 Å². The summed E-state index contributed by atoms with van der Waals surface area (Å²) in [5.41, 5.74) is 2.98. The topological polar surface area (TPSA) is 32.9 Å². The van der Waals surface area contributed by atoms with Crippen LogP contribution >= 0.6 is 15.9 Å². The lowest BCUT2D eigenvalue weighted by Gasteiger charge is -2.06. The molecule has 0 saturated heterocycles. The molecule has 0 bridgehead atoms. The lowest BCUT2D eigenvalue weighted by Crippen LogP contribution is -2.06. The number of nitrogens with one attached hydrogen (secondary N) is 1. The van der Waals surface area contributed by atoms with E-state index in [1.165, 1.54) is 0 Å². The summed E-state index contributed by atoms with van der Waals surface area (Å²) in [5.74, 6) is 0. The van der Waals surface area contributed by atoms with Gasteiger partial charge in [-0.1, -0.05) is 13.0 Å². The number of aromatic amines is 1. The number of hydrogen-bond donors (Lipinski definition) is 1. The predicted molar refractivity (Wildman–Crippen MR) is 66.4 cm³/mol. The average Bonchev–Trinajstić information content (AvgIpc) is 2.23. The standard InChI is InChI=1S/C12H12BrNO/c1-3-8-6-10(15)11-7(2)4-5-9(13)12(11)14-8/h4-6H,3H2,1-2H3,(H,14,15). The highest BCUT2D eigenvalue weighted by Crippen LogP contribution is 2.22. The highest BCUT2D eigenvalue weighted by Gasteiger charge is 2.06. The van der Waals surface area contributed by atoms with Gasteiger partial charge in [-0.3, -0.25) is 4.79 Å². The number of halogens is 1. The van der Waals surface area contributed by atoms with Crippen LogP contribution in [0.1, 0.15) is 18.2 Å². The maximum absolute atomic E-state index is 11.9. The van der Waals surface area contributed by atoms with Crippen LogP contribution in [0.5, 0.6) is 0 Å². The van der Waals surface area contributed by atoms with E-state index in [4.69, 9.17) is 0 Å². The number of H-pyrrole nitrogens is 1. The summed E-state index contributed by atoms with van der Waals surface area (Å²) in [6, 6.07) is 5.60. The quantitative estimate of drug-likeness (QED) is 0.844. The van der Waals surface area contributed by atoms with Crippen LogP contribution in [-0.4, -0.2) is 4.98 Å². The molecule has 3 heteroatoms. The highest BCUT2D eigenvalue weighted by atomic mass is 79.9. The second-order valence-corrected chi connectivity index (χ2v) is 4.48. The van der Waals surface area contributed by atoms with Gasteiger partial charge in [0.25, 0.3) is 0 Å². The van der Waals surface area contributed by atoms with Gasteiger partial charge in [0, 0.05) is 21.6 Å². The maximum Gasteiger partial charge on any atom is 0.189 e. The van der Waals surface area contributed by atoms with Gasteiger partial charge in [-0.05, 0) is 40.9 Å². The summed E-state index contributed by atoms with van der Waals surface area (Å²) in [6.07, 6.45) is 0.839. The van der Waals surface area contributed by atoms with Crippen molar-refractivity contribution in [1.29, 1.82) is 0 Å². The van der Waals surface area contributed by atoms with Crippen molar-refractivity contribution in [2.24, 2.45) is 0 Å². The number of hydrogen-bond acceptors (Lipinski definition) is 1. The van der Waals surface area contributed by atoms with Gasteiger partial charge in [0.05, 0.1) is 5.52 Å². The van der Waals surface area contributed by atoms with Gasteiger partial charge < -0.3 is 4.98 Å². The van der Waals surface area contributed by atoms with Crippen molar-refractivity contribution in [3.05, 3.63) is 44.2 Å². The largest absolute Gasteiger partial charge is 0.357 e. The minimum atomic E-state index is 0.0967. The van der Waals surface area contributed by atoms with E-state index < -0.39 is 0 Å². The van der Waals surface area contributed by atoms with Crippen molar-refractivity contribution in [1.82, 2.24) is 4.98 Å². The van der Waals surface area contributed by atoms with E-state index in [1.54, 1.807) is 6.07 Å². The smallest absolute Gasteiger partial charge is 0.189 e. The van der Waals surface area contributed by atoms with Crippen molar-refractivity contribution in [3.8, 4) is 0 Å². The van der Waals surface area contributed by atoms with Crippen LogP contribution in [0.25, 0.3) is 10.9 Å². The van der Waals surface area contributed by atoms with Gasteiger partial charge in [-0.25, -0.2) is 0 Å². The van der Waals surface area contributed by atoms with Gasteiger partial charge in [0.15, 0.2) is 5.43 Å². The van der Waals surface area contributed by atoms with Gasteiger partial charge in [0.1, 0.15) is 0 Å². The second-order valence-electron chi connectivity index (χ2n) is 3.63. The third-order valence-electron chi connectivity index (χ3n) is 2.58. The molecule has 1 heterocycles. The molecule has 2 nitrogen and oxygen atoms in total. The number of rotatable bonds is 1. The van der Waals surface area contributed by atoms with E-state index >= 15 is 0 Å². The molecule has 1 aromatic heterocycles. The summed E-state index contributed by atoms with van der Waals surface area (Å²) >= 11 is 3.46. The molecule has 0 fully saturated rings. The Hall–Kier alpha value is -1.09. The Morgan fingerprint density at radius 1 is 1.40 bits per heavy atom. The number of aromatic nitrogens is 1. The first kappa shape index (κ1) is 10.4. The van der Waals surface area contributed by atoms with Gasteiger partial charge in [0.2, 0.25) is 0 Å². The molecule has 0 aliphatic heterocycles. The second kappa shape index (κ2) is 3.81. The first-order valence-corrected chi connectivity index (χ1v) is 5.73. The summed E-state index contributed by atoms with van der Waals surface area (Å²) in [4.78, 5) is 15.2. The Bertz CT molecular complexity index is 572. The lowest BCUT2D eigenvalue weighted by atomic mass is 10.1. The van der Waals surface area contributed by atoms with Crippen LogP contribution in [0.2, 0.25) is 0 Å². The molecule has 15 heavy (non-hydrogen) atoms. The number of benzene rings is 1. The zero-order valence-corrected chi connectivity index (χ0v) is 10.3. The molecule has 2 aromatic rings. The Kier molecular flexibility index (Phi) is 2.65. The van der Waals surface area contributed by atoms with Crippen molar-refractivity contribution in [2.75, 3.05) is 0 Å². The molecule has 0 amide bonds. The van der Waals surface area contributed by atoms with E-state index in [0.717, 1.165) is 33.1 Å². The summed E-state index contributed by atoms with van der Waals surface area (Å²) in [7, 11) is 0. The zero-order chi connectivity index (χ0) is 11.0. The summed E-state index contributed by atoms with van der Waals surface area (Å²) in [5, 5.41) is 0.779. The third-order valence-corrected chi connectivity index (χ3v) is 3.24. The molecule has 0 atom stereocenters. The normalized spacial score (nSPS) is 10.9. The van der Waals surface area contributed by atoms with E-state index in [2.05, 4.69) is 20.9 Å². The molecule has 1 N–H and O–H groups in total. The van der Waals surface area contributed by atoms with E-state index in [0.29, 0.717) is 0 Å². The van der Waals surface area contributed by atoms with E-state index in [-0.39, 0.29) is 5.43 Å². The Balaban J connectivity index is 2.97. The monoisotopic (exact) mass is 265 g/mol. The Morgan fingerprint density at radius 2 is 2.13 bits per heavy atom. The fourth-order valence-electron chi connectivity index (χ4n) is 1.74. The Labute approximate surface area is 96.5 Å². The van der Waals surface area contributed by atoms with Gasteiger partial charge in [-0.15, -0.1) is 0 Å². The van der Waals surface area contributed by atoms with E-state index in [1.807, 2.05) is 26.0 Å². The Morgan fingerprint density at radius 3 is 2.80 bits per heavy atom. The first-order chi connectivity index (χ1) is 7.13. The number of pyridine rings is 1. The molecular weight excluding hydrogens is 254 g/mol. The zero-order valence-electron chi connectivity index (χ0n) is 8.73. The summed E-state index contributed by atoms with van der Waals surface area (Å²) in [6.45, 7) is 3.98. The number of fused-ring (bicyclic) bond motifs is 1. The van der Waals surface area contributed by atoms with Crippen molar-refractivity contribution in [2.45, 2.75) is 20.3 Å². The minimum Gasteiger partial charge on any atom is -0.357 e. The molecule has 78 valence electrons. The SMILES string of the molecule is CCc1cc(=O)c2c(C)ccc(Br)c2[nH]1. The summed E-state index contributed by atoms with van der Waals surface area (Å²) < 4.78 is 0.940. The molecule has 2 rings (SSSR count). The van der Waals surface area contributed by atoms with Crippen LogP contribution < -0.4 is 5.43 Å². The highest BCUT2D eigenvalue weighted by molar-refractivity contribution is 9.10. The maximum atomic E-state index is 11.9. The fraction of sp³-hybridized carbons (Fsp3) is 0.250. The average molecular weight is 266 g/mol. The van der Waals surface area contributed by atoms with Crippen molar-refractivity contribution >= 4 is 26.8 Å². The third kappa shape index (κ3) is 1.72. The van der Waals surface area contributed by atoms with Crippen molar-refractivity contribution < 1.29 is 0 Å². The molecule has 0 unspecified atom stereocenters. The van der Waals surface area contributed by atoms with Gasteiger partial charge >= 0.3 is 0 Å². The fourth-order valence-corrected chi connectivity index (χ4v) is 2.17. The van der Waals surface area contributed by atoms with Crippen LogP contribution in [0.3, 0.4) is 0 Å².